The van der Waals surface area contributed by atoms with E-state index in [0.29, 0.717) is 28.5 Å². The summed E-state index contributed by atoms with van der Waals surface area (Å²) in [6.45, 7) is 5.85. The third-order valence-electron chi connectivity index (χ3n) is 4.19. The first kappa shape index (κ1) is 19.0. The molecule has 1 aromatic carbocycles. The first-order chi connectivity index (χ1) is 14.0. The van der Waals surface area contributed by atoms with Gasteiger partial charge in [-0.05, 0) is 38.5 Å². The molecule has 0 radical (unpaired) electrons. The number of aryl methyl sites for hydroxylation is 3. The molecule has 0 saturated carbocycles. The smallest absolute Gasteiger partial charge is 0.252 e. The fraction of sp³-hybridized carbons (Fsp3) is 0.200. The Morgan fingerprint density at radius 3 is 2.72 bits per heavy atom. The van der Waals surface area contributed by atoms with E-state index < -0.39 is 0 Å². The lowest BCUT2D eigenvalue weighted by molar-refractivity contribution is 0.929. The van der Waals surface area contributed by atoms with E-state index in [9.17, 15) is 4.79 Å². The quantitative estimate of drug-likeness (QED) is 0.384. The highest BCUT2D eigenvalue weighted by Crippen LogP contribution is 2.21. The molecule has 9 heteroatoms. The number of hydrogen-bond donors (Lipinski definition) is 2. The van der Waals surface area contributed by atoms with Crippen LogP contribution in [0.15, 0.2) is 46.5 Å². The predicted octanol–water partition coefficient (Wildman–Crippen LogP) is 3.46. The molecule has 4 rings (SSSR count). The normalized spacial score (nSPS) is 11.0. The van der Waals surface area contributed by atoms with Crippen molar-refractivity contribution in [3.8, 4) is 0 Å². The maximum Gasteiger partial charge on any atom is 0.252 e. The highest BCUT2D eigenvalue weighted by Gasteiger charge is 2.09. The molecule has 0 atom stereocenters. The van der Waals surface area contributed by atoms with Gasteiger partial charge in [0.05, 0.1) is 16.9 Å². The monoisotopic (exact) mass is 405 g/mol. The fourth-order valence-corrected chi connectivity index (χ4v) is 3.60. The topological polar surface area (TPSA) is 109 Å². The fourth-order valence-electron chi connectivity index (χ4n) is 2.84. The van der Waals surface area contributed by atoms with Gasteiger partial charge >= 0.3 is 0 Å². The molecule has 29 heavy (non-hydrogen) atoms. The summed E-state index contributed by atoms with van der Waals surface area (Å²) in [7, 11) is 0. The molecule has 0 bridgehead atoms. The van der Waals surface area contributed by atoms with Gasteiger partial charge in [-0.15, -0.1) is 0 Å². The second kappa shape index (κ2) is 7.96. The molecule has 0 aliphatic rings. The van der Waals surface area contributed by atoms with E-state index in [1.54, 1.807) is 6.20 Å². The standard InChI is InChI=1S/C20H19N7OS/c1-11-4-5-15-13(3)23-18(25-16(15)8-11)27-19-24-14(9-17(28)26-19)10-29-20-21-7-6-12(2)22-20/h4-9H,10H2,1-3H3,(H2,23,24,25,26,27,28). The molecule has 3 heterocycles. The third kappa shape index (κ3) is 4.57. The molecule has 0 amide bonds. The van der Waals surface area contributed by atoms with Gasteiger partial charge in [0.2, 0.25) is 11.9 Å². The number of anilines is 2. The Bertz CT molecular complexity index is 1260. The van der Waals surface area contributed by atoms with Crippen LogP contribution < -0.4 is 10.9 Å². The van der Waals surface area contributed by atoms with Crippen LogP contribution in [0.2, 0.25) is 0 Å². The molecular weight excluding hydrogens is 386 g/mol. The summed E-state index contributed by atoms with van der Waals surface area (Å²) < 4.78 is 0. The number of H-pyrrole nitrogens is 1. The number of benzene rings is 1. The summed E-state index contributed by atoms with van der Waals surface area (Å²) in [4.78, 5) is 36.8. The zero-order valence-corrected chi connectivity index (χ0v) is 17.0. The van der Waals surface area contributed by atoms with Gasteiger partial charge < -0.3 is 0 Å². The summed E-state index contributed by atoms with van der Waals surface area (Å²) in [5, 5.41) is 4.65. The minimum Gasteiger partial charge on any atom is -0.294 e. The number of nitrogens with zero attached hydrogens (tertiary/aromatic N) is 5. The van der Waals surface area contributed by atoms with Crippen LogP contribution in [0.5, 0.6) is 0 Å². The lowest BCUT2D eigenvalue weighted by atomic mass is 10.1. The number of aromatic nitrogens is 6. The highest BCUT2D eigenvalue weighted by molar-refractivity contribution is 7.98. The highest BCUT2D eigenvalue weighted by atomic mass is 32.2. The van der Waals surface area contributed by atoms with Crippen molar-refractivity contribution in [1.82, 2.24) is 29.9 Å². The van der Waals surface area contributed by atoms with Gasteiger partial charge in [0.15, 0.2) is 5.16 Å². The van der Waals surface area contributed by atoms with Crippen LogP contribution in [0.1, 0.15) is 22.6 Å². The zero-order chi connectivity index (χ0) is 20.4. The Balaban J connectivity index is 1.57. The SMILES string of the molecule is Cc1ccc2c(C)nc(Nc3nc(CSc4nccc(C)n4)cc(=O)[nH]3)nc2c1. The molecule has 8 nitrogen and oxygen atoms in total. The molecule has 0 spiro atoms. The van der Waals surface area contributed by atoms with E-state index in [2.05, 4.69) is 35.2 Å². The Labute approximate surface area is 171 Å². The average molecular weight is 405 g/mol. The molecule has 0 unspecified atom stereocenters. The maximum atomic E-state index is 12.1. The van der Waals surface area contributed by atoms with Gasteiger partial charge in [-0.25, -0.2) is 24.9 Å². The van der Waals surface area contributed by atoms with Crippen LogP contribution in [-0.2, 0) is 5.75 Å². The van der Waals surface area contributed by atoms with Crippen molar-refractivity contribution in [2.45, 2.75) is 31.7 Å². The summed E-state index contributed by atoms with van der Waals surface area (Å²) in [6, 6.07) is 9.34. The number of rotatable bonds is 5. The Morgan fingerprint density at radius 1 is 1.03 bits per heavy atom. The molecule has 0 aliphatic heterocycles. The van der Waals surface area contributed by atoms with Crippen molar-refractivity contribution in [2.24, 2.45) is 0 Å². The van der Waals surface area contributed by atoms with Crippen LogP contribution in [0.25, 0.3) is 10.9 Å². The van der Waals surface area contributed by atoms with Crippen LogP contribution >= 0.6 is 11.8 Å². The molecule has 0 fully saturated rings. The molecule has 4 aromatic rings. The minimum atomic E-state index is -0.253. The lowest BCUT2D eigenvalue weighted by Gasteiger charge is -2.09. The maximum absolute atomic E-state index is 12.1. The third-order valence-corrected chi connectivity index (χ3v) is 5.08. The number of hydrogen-bond acceptors (Lipinski definition) is 8. The number of thioether (sulfide) groups is 1. The molecular formula is C20H19N7OS. The Kier molecular flexibility index (Phi) is 5.22. The van der Waals surface area contributed by atoms with E-state index in [0.717, 1.165) is 27.9 Å². The van der Waals surface area contributed by atoms with Crippen LogP contribution in [0.4, 0.5) is 11.9 Å². The zero-order valence-electron chi connectivity index (χ0n) is 16.2. The largest absolute Gasteiger partial charge is 0.294 e. The van der Waals surface area contributed by atoms with Gasteiger partial charge in [-0.1, -0.05) is 23.9 Å². The number of nitrogens with one attached hydrogen (secondary N) is 2. The molecule has 0 aliphatic carbocycles. The van der Waals surface area contributed by atoms with Gasteiger partial charge in [-0.2, -0.15) is 0 Å². The summed E-state index contributed by atoms with van der Waals surface area (Å²) in [5.74, 6) is 1.15. The van der Waals surface area contributed by atoms with E-state index in [-0.39, 0.29) is 5.56 Å². The first-order valence-electron chi connectivity index (χ1n) is 9.01. The van der Waals surface area contributed by atoms with Gasteiger partial charge in [0.1, 0.15) is 0 Å². The van der Waals surface area contributed by atoms with E-state index in [1.165, 1.54) is 17.8 Å². The van der Waals surface area contributed by atoms with Gasteiger partial charge in [0, 0.05) is 29.1 Å². The van der Waals surface area contributed by atoms with E-state index in [4.69, 9.17) is 0 Å². The molecule has 2 N–H and O–H groups in total. The van der Waals surface area contributed by atoms with Crippen molar-refractivity contribution >= 4 is 34.6 Å². The van der Waals surface area contributed by atoms with E-state index >= 15 is 0 Å². The minimum absolute atomic E-state index is 0.253. The number of aromatic amines is 1. The Morgan fingerprint density at radius 2 is 1.90 bits per heavy atom. The van der Waals surface area contributed by atoms with Gasteiger partial charge in [0.25, 0.3) is 5.56 Å². The van der Waals surface area contributed by atoms with Crippen molar-refractivity contribution in [3.05, 3.63) is 69.5 Å². The van der Waals surface area contributed by atoms with Crippen molar-refractivity contribution < 1.29 is 0 Å². The summed E-state index contributed by atoms with van der Waals surface area (Å²) >= 11 is 1.42. The van der Waals surface area contributed by atoms with Crippen molar-refractivity contribution in [1.29, 1.82) is 0 Å². The second-order valence-electron chi connectivity index (χ2n) is 6.63. The Hall–Kier alpha value is -3.33. The van der Waals surface area contributed by atoms with Crippen molar-refractivity contribution in [2.75, 3.05) is 5.32 Å². The van der Waals surface area contributed by atoms with Crippen LogP contribution in [-0.4, -0.2) is 29.9 Å². The van der Waals surface area contributed by atoms with Gasteiger partial charge in [-0.3, -0.25) is 15.1 Å². The summed E-state index contributed by atoms with van der Waals surface area (Å²) in [5.41, 5.74) is 4.05. The van der Waals surface area contributed by atoms with Crippen LogP contribution in [0, 0.1) is 20.8 Å². The lowest BCUT2D eigenvalue weighted by Crippen LogP contribution is -2.13. The molecule has 0 saturated heterocycles. The number of fused-ring (bicyclic) bond motifs is 1. The van der Waals surface area contributed by atoms with E-state index in [1.807, 2.05) is 45.0 Å². The van der Waals surface area contributed by atoms with Crippen LogP contribution in [0.3, 0.4) is 0 Å². The van der Waals surface area contributed by atoms with Crippen molar-refractivity contribution in [3.63, 3.8) is 0 Å². The first-order valence-corrected chi connectivity index (χ1v) is 9.99. The molecule has 146 valence electrons. The second-order valence-corrected chi connectivity index (χ2v) is 7.58. The summed E-state index contributed by atoms with van der Waals surface area (Å²) in [6.07, 6.45) is 1.71. The average Bonchev–Trinajstić information content (AvgIpc) is 2.66. The predicted molar refractivity (Wildman–Crippen MR) is 113 cm³/mol. The molecule has 3 aromatic heterocycles.